The molecule has 0 fully saturated rings. The minimum Gasteiger partial charge on any atom is -0.451 e. The molecule has 160 valence electrons. The van der Waals surface area contributed by atoms with Gasteiger partial charge in [-0.1, -0.05) is 78.9 Å². The maximum Gasteiger partial charge on any atom is 0.359 e. The van der Waals surface area contributed by atoms with E-state index in [0.717, 1.165) is 11.1 Å². The maximum atomic E-state index is 13.0. The largest absolute Gasteiger partial charge is 0.451 e. The number of hydrogen-bond donors (Lipinski definition) is 1. The highest BCUT2D eigenvalue weighted by Crippen LogP contribution is 2.14. The van der Waals surface area contributed by atoms with E-state index in [9.17, 15) is 14.4 Å². The standard InChI is InChI=1S/C25H21N3O4/c29-22(17-32-25(31)23-20-13-7-8-14-21(20)24(30)27-26-23)28(15-18-9-3-1-4-10-18)16-19-11-5-2-6-12-19/h1-14H,15-17H2,(H,27,30). The number of fused-ring (bicyclic) bond motifs is 1. The van der Waals surface area contributed by atoms with Gasteiger partial charge in [0.1, 0.15) is 0 Å². The second-order valence-corrected chi connectivity index (χ2v) is 7.24. The predicted octanol–water partition coefficient (Wildman–Crippen LogP) is 3.31. The number of esters is 1. The number of aromatic nitrogens is 2. The number of hydrogen-bond acceptors (Lipinski definition) is 5. The van der Waals surface area contributed by atoms with Crippen molar-refractivity contribution in [1.82, 2.24) is 15.1 Å². The Bertz CT molecular complexity index is 1250. The van der Waals surface area contributed by atoms with E-state index in [1.165, 1.54) is 0 Å². The van der Waals surface area contributed by atoms with Gasteiger partial charge < -0.3 is 9.64 Å². The lowest BCUT2D eigenvalue weighted by Crippen LogP contribution is -2.34. The normalized spacial score (nSPS) is 10.6. The van der Waals surface area contributed by atoms with Crippen molar-refractivity contribution in [2.24, 2.45) is 0 Å². The van der Waals surface area contributed by atoms with Gasteiger partial charge in [0.05, 0.1) is 5.39 Å². The van der Waals surface area contributed by atoms with E-state index < -0.39 is 18.1 Å². The molecule has 0 spiro atoms. The first-order valence-electron chi connectivity index (χ1n) is 10.1. The van der Waals surface area contributed by atoms with Gasteiger partial charge in [-0.15, -0.1) is 0 Å². The smallest absolute Gasteiger partial charge is 0.359 e. The van der Waals surface area contributed by atoms with Crippen LogP contribution in [0, 0.1) is 0 Å². The highest BCUT2D eigenvalue weighted by molar-refractivity contribution is 6.02. The third-order valence-corrected chi connectivity index (χ3v) is 5.00. The van der Waals surface area contributed by atoms with Gasteiger partial charge >= 0.3 is 5.97 Å². The van der Waals surface area contributed by atoms with Gasteiger partial charge in [0.15, 0.2) is 12.3 Å². The number of benzene rings is 3. The van der Waals surface area contributed by atoms with Crippen molar-refractivity contribution in [2.45, 2.75) is 13.1 Å². The van der Waals surface area contributed by atoms with Crippen molar-refractivity contribution in [3.63, 3.8) is 0 Å². The fourth-order valence-corrected chi connectivity index (χ4v) is 3.40. The number of amides is 1. The lowest BCUT2D eigenvalue weighted by molar-refractivity contribution is -0.135. The summed E-state index contributed by atoms with van der Waals surface area (Å²) < 4.78 is 5.28. The van der Waals surface area contributed by atoms with Gasteiger partial charge in [0, 0.05) is 18.5 Å². The van der Waals surface area contributed by atoms with E-state index in [2.05, 4.69) is 10.2 Å². The monoisotopic (exact) mass is 427 g/mol. The van der Waals surface area contributed by atoms with Crippen LogP contribution < -0.4 is 5.56 Å². The summed E-state index contributed by atoms with van der Waals surface area (Å²) in [6.45, 7) is 0.325. The van der Waals surface area contributed by atoms with E-state index in [1.807, 2.05) is 60.7 Å². The minimum atomic E-state index is -0.773. The number of ether oxygens (including phenoxy) is 1. The number of rotatable bonds is 7. The third kappa shape index (κ3) is 4.89. The lowest BCUT2D eigenvalue weighted by Gasteiger charge is -2.23. The zero-order valence-electron chi connectivity index (χ0n) is 17.2. The Balaban J connectivity index is 1.50. The van der Waals surface area contributed by atoms with E-state index in [1.54, 1.807) is 29.2 Å². The summed E-state index contributed by atoms with van der Waals surface area (Å²) in [4.78, 5) is 39.2. The van der Waals surface area contributed by atoms with Crippen LogP contribution >= 0.6 is 0 Å². The van der Waals surface area contributed by atoms with Crippen LogP contribution in [0.4, 0.5) is 0 Å². The molecular formula is C25H21N3O4. The first-order chi connectivity index (χ1) is 15.6. The number of carbonyl (C=O) groups is 2. The number of nitrogens with one attached hydrogen (secondary N) is 1. The van der Waals surface area contributed by atoms with Crippen LogP contribution in [-0.2, 0) is 22.6 Å². The van der Waals surface area contributed by atoms with Crippen LogP contribution in [-0.4, -0.2) is 33.6 Å². The molecule has 0 unspecified atom stereocenters. The molecule has 4 aromatic rings. The fraction of sp³-hybridized carbons (Fsp3) is 0.120. The molecule has 7 nitrogen and oxygen atoms in total. The number of carbonyl (C=O) groups excluding carboxylic acids is 2. The van der Waals surface area contributed by atoms with Crippen LogP contribution in [0.2, 0.25) is 0 Å². The van der Waals surface area contributed by atoms with Crippen molar-refractivity contribution in [2.75, 3.05) is 6.61 Å². The number of nitrogens with zero attached hydrogens (tertiary/aromatic N) is 2. The van der Waals surface area contributed by atoms with E-state index >= 15 is 0 Å². The molecule has 32 heavy (non-hydrogen) atoms. The maximum absolute atomic E-state index is 13.0. The Kier molecular flexibility index (Phi) is 6.36. The molecule has 0 aliphatic carbocycles. The molecule has 3 aromatic carbocycles. The van der Waals surface area contributed by atoms with Gasteiger partial charge in [-0.25, -0.2) is 9.89 Å². The predicted molar refractivity (Wildman–Crippen MR) is 120 cm³/mol. The highest BCUT2D eigenvalue weighted by atomic mass is 16.5. The molecule has 0 radical (unpaired) electrons. The molecule has 0 saturated carbocycles. The van der Waals surface area contributed by atoms with Crippen LogP contribution in [0.3, 0.4) is 0 Å². The summed E-state index contributed by atoms with van der Waals surface area (Å²) in [5.74, 6) is -1.11. The molecule has 7 heteroatoms. The van der Waals surface area contributed by atoms with E-state index in [-0.39, 0.29) is 11.6 Å². The Morgan fingerprint density at radius 1 is 0.781 bits per heavy atom. The first kappa shape index (κ1) is 21.0. The molecule has 1 heterocycles. The zero-order valence-corrected chi connectivity index (χ0v) is 17.2. The van der Waals surface area contributed by atoms with E-state index in [4.69, 9.17) is 4.74 Å². The Hall–Kier alpha value is -4.26. The molecule has 1 amide bonds. The average Bonchev–Trinajstić information content (AvgIpc) is 2.83. The van der Waals surface area contributed by atoms with Crippen LogP contribution in [0.1, 0.15) is 21.6 Å². The van der Waals surface area contributed by atoms with E-state index in [0.29, 0.717) is 23.9 Å². The Morgan fingerprint density at radius 3 is 1.91 bits per heavy atom. The number of H-pyrrole nitrogens is 1. The summed E-state index contributed by atoms with van der Waals surface area (Å²) in [7, 11) is 0. The van der Waals surface area contributed by atoms with Crippen LogP contribution in [0.5, 0.6) is 0 Å². The molecule has 1 N–H and O–H groups in total. The summed E-state index contributed by atoms with van der Waals surface area (Å²) in [5.41, 5.74) is 1.50. The molecular weight excluding hydrogens is 406 g/mol. The molecule has 0 saturated heterocycles. The molecule has 1 aromatic heterocycles. The summed E-state index contributed by atoms with van der Waals surface area (Å²) >= 11 is 0. The zero-order chi connectivity index (χ0) is 22.3. The topological polar surface area (TPSA) is 92.4 Å². The summed E-state index contributed by atoms with van der Waals surface area (Å²) in [6, 6.07) is 25.8. The van der Waals surface area contributed by atoms with Crippen molar-refractivity contribution in [3.8, 4) is 0 Å². The molecule has 0 aliphatic heterocycles. The second-order valence-electron chi connectivity index (χ2n) is 7.24. The minimum absolute atomic E-state index is 0.0364. The van der Waals surface area contributed by atoms with Crippen molar-refractivity contribution < 1.29 is 14.3 Å². The highest BCUT2D eigenvalue weighted by Gasteiger charge is 2.20. The van der Waals surface area contributed by atoms with Crippen LogP contribution in [0.25, 0.3) is 10.8 Å². The fourth-order valence-electron chi connectivity index (χ4n) is 3.40. The summed E-state index contributed by atoms with van der Waals surface area (Å²) in [5, 5.41) is 6.83. The van der Waals surface area contributed by atoms with Crippen molar-refractivity contribution in [1.29, 1.82) is 0 Å². The van der Waals surface area contributed by atoms with Gasteiger partial charge in [0.2, 0.25) is 0 Å². The lowest BCUT2D eigenvalue weighted by atomic mass is 10.1. The third-order valence-electron chi connectivity index (χ3n) is 5.00. The molecule has 0 atom stereocenters. The van der Waals surface area contributed by atoms with Gasteiger partial charge in [0.25, 0.3) is 11.5 Å². The SMILES string of the molecule is O=C(OCC(=O)N(Cc1ccccc1)Cc1ccccc1)c1n[nH]c(=O)c2ccccc12. The molecule has 0 bridgehead atoms. The first-order valence-corrected chi connectivity index (χ1v) is 10.1. The van der Waals surface area contributed by atoms with Gasteiger partial charge in [-0.2, -0.15) is 5.10 Å². The van der Waals surface area contributed by atoms with Gasteiger partial charge in [-0.05, 0) is 17.2 Å². The molecule has 0 aliphatic rings. The Morgan fingerprint density at radius 2 is 1.31 bits per heavy atom. The summed E-state index contributed by atoms with van der Waals surface area (Å²) in [6.07, 6.45) is 0. The number of aromatic amines is 1. The van der Waals surface area contributed by atoms with Gasteiger partial charge in [-0.3, -0.25) is 9.59 Å². The Labute approximate surface area is 184 Å². The van der Waals surface area contributed by atoms with Crippen molar-refractivity contribution in [3.05, 3.63) is 112 Å². The quantitative estimate of drug-likeness (QED) is 0.457. The van der Waals surface area contributed by atoms with Crippen molar-refractivity contribution >= 4 is 22.6 Å². The van der Waals surface area contributed by atoms with Crippen LogP contribution in [0.15, 0.2) is 89.7 Å². The molecule has 4 rings (SSSR count). The second kappa shape index (κ2) is 9.70. The average molecular weight is 427 g/mol.